The van der Waals surface area contributed by atoms with Gasteiger partial charge in [-0.15, -0.1) is 0 Å². The van der Waals surface area contributed by atoms with Crippen molar-refractivity contribution in [2.45, 2.75) is 0 Å². The van der Waals surface area contributed by atoms with Gasteiger partial charge in [-0.3, -0.25) is 0 Å². The molecule has 0 amide bonds. The second kappa shape index (κ2) is 4.85. The summed E-state index contributed by atoms with van der Waals surface area (Å²) in [6, 6.07) is 18.9. The minimum Gasteiger partial charge on any atom is -0.354 e. The number of rotatable bonds is 1. The Hall–Kier alpha value is -3.55. The number of H-pyrrole nitrogens is 1. The fraction of sp³-hybridized carbons (Fsp3) is 0. The van der Waals surface area contributed by atoms with Gasteiger partial charge in [-0.25, -0.2) is 0 Å². The molecule has 1 heterocycles. The van der Waals surface area contributed by atoms with E-state index in [-0.39, 0.29) is 11.1 Å². The quantitative estimate of drug-likeness (QED) is 0.683. The lowest BCUT2D eigenvalue weighted by Gasteiger charge is -2.01. The SMILES string of the molecule is N#CC(C#N)=C(C#N)c1cccc2c1[nH]c1ccccc12. The molecule has 0 saturated heterocycles. The zero-order valence-corrected chi connectivity index (χ0v) is 10.9. The first kappa shape index (κ1) is 12.5. The molecule has 0 bridgehead atoms. The van der Waals surface area contributed by atoms with Gasteiger partial charge >= 0.3 is 0 Å². The first-order valence-electron chi connectivity index (χ1n) is 6.24. The van der Waals surface area contributed by atoms with Crippen LogP contribution in [0.4, 0.5) is 0 Å². The molecule has 4 heteroatoms. The molecule has 0 saturated carbocycles. The topological polar surface area (TPSA) is 87.2 Å². The Labute approximate surface area is 120 Å². The van der Waals surface area contributed by atoms with Crippen LogP contribution in [0.15, 0.2) is 48.0 Å². The summed E-state index contributed by atoms with van der Waals surface area (Å²) in [7, 11) is 0. The highest BCUT2D eigenvalue weighted by Crippen LogP contribution is 2.31. The van der Waals surface area contributed by atoms with Crippen LogP contribution in [0.2, 0.25) is 0 Å². The van der Waals surface area contributed by atoms with E-state index >= 15 is 0 Å². The summed E-state index contributed by atoms with van der Waals surface area (Å²) in [5.74, 6) is 0. The number of aromatic nitrogens is 1. The molecule has 0 aliphatic heterocycles. The van der Waals surface area contributed by atoms with Gasteiger partial charge in [0.2, 0.25) is 0 Å². The van der Waals surface area contributed by atoms with E-state index in [2.05, 4.69) is 4.98 Å². The largest absolute Gasteiger partial charge is 0.354 e. The molecule has 0 aliphatic rings. The van der Waals surface area contributed by atoms with Gasteiger partial charge in [0.05, 0.1) is 11.1 Å². The number of para-hydroxylation sites is 2. The third kappa shape index (κ3) is 1.82. The molecule has 1 aromatic heterocycles. The van der Waals surface area contributed by atoms with E-state index in [1.165, 1.54) is 0 Å². The Balaban J connectivity index is 2.46. The molecule has 4 nitrogen and oxygen atoms in total. The lowest BCUT2D eigenvalue weighted by atomic mass is 9.99. The maximum atomic E-state index is 9.32. The average Bonchev–Trinajstić information content (AvgIpc) is 2.91. The highest BCUT2D eigenvalue weighted by atomic mass is 14.7. The molecular weight excluding hydrogens is 260 g/mol. The molecule has 0 atom stereocenters. The van der Waals surface area contributed by atoms with Crippen LogP contribution >= 0.6 is 0 Å². The van der Waals surface area contributed by atoms with Gasteiger partial charge in [0.1, 0.15) is 23.8 Å². The second-order valence-corrected chi connectivity index (χ2v) is 4.48. The van der Waals surface area contributed by atoms with Gasteiger partial charge in [0.25, 0.3) is 0 Å². The average molecular weight is 268 g/mol. The van der Waals surface area contributed by atoms with Crippen molar-refractivity contribution in [1.29, 1.82) is 15.8 Å². The molecular formula is C17H8N4. The maximum absolute atomic E-state index is 9.32. The van der Waals surface area contributed by atoms with Gasteiger partial charge in [-0.05, 0) is 6.07 Å². The molecule has 3 rings (SSSR count). The normalized spacial score (nSPS) is 9.76. The van der Waals surface area contributed by atoms with Gasteiger partial charge in [0, 0.05) is 21.9 Å². The van der Waals surface area contributed by atoms with Crippen LogP contribution in [0.5, 0.6) is 0 Å². The molecule has 0 unspecified atom stereocenters. The number of allylic oxidation sites excluding steroid dienone is 2. The summed E-state index contributed by atoms with van der Waals surface area (Å²) in [4.78, 5) is 3.26. The lowest BCUT2D eigenvalue weighted by Crippen LogP contribution is -1.88. The van der Waals surface area contributed by atoms with E-state index in [1.54, 1.807) is 18.2 Å². The van der Waals surface area contributed by atoms with Crippen molar-refractivity contribution in [2.75, 3.05) is 0 Å². The number of hydrogen-bond acceptors (Lipinski definition) is 3. The fourth-order valence-electron chi connectivity index (χ4n) is 2.47. The zero-order chi connectivity index (χ0) is 14.8. The molecule has 0 fully saturated rings. The van der Waals surface area contributed by atoms with Crippen LogP contribution in [0.1, 0.15) is 5.56 Å². The van der Waals surface area contributed by atoms with E-state index in [4.69, 9.17) is 10.5 Å². The van der Waals surface area contributed by atoms with Gasteiger partial charge in [-0.1, -0.05) is 36.4 Å². The number of aromatic amines is 1. The van der Waals surface area contributed by atoms with Crippen LogP contribution in [0.3, 0.4) is 0 Å². The highest BCUT2D eigenvalue weighted by molar-refractivity contribution is 6.11. The number of nitrogens with one attached hydrogen (secondary N) is 1. The van der Waals surface area contributed by atoms with Crippen molar-refractivity contribution in [3.8, 4) is 18.2 Å². The monoisotopic (exact) mass is 268 g/mol. The Morgan fingerprint density at radius 1 is 0.810 bits per heavy atom. The minimum absolute atomic E-state index is 0.0946. The molecule has 0 radical (unpaired) electrons. The van der Waals surface area contributed by atoms with Gasteiger partial charge in [0.15, 0.2) is 0 Å². The van der Waals surface area contributed by atoms with Crippen LogP contribution in [0, 0.1) is 34.0 Å². The molecule has 2 aromatic carbocycles. The first-order chi connectivity index (χ1) is 10.3. The molecule has 0 aliphatic carbocycles. The van der Waals surface area contributed by atoms with Gasteiger partial charge < -0.3 is 4.98 Å². The Kier molecular flexibility index (Phi) is 2.88. The predicted octanol–water partition coefficient (Wildman–Crippen LogP) is 3.65. The van der Waals surface area contributed by atoms with E-state index in [0.717, 1.165) is 21.8 Å². The number of fused-ring (bicyclic) bond motifs is 3. The van der Waals surface area contributed by atoms with Crippen molar-refractivity contribution in [2.24, 2.45) is 0 Å². The van der Waals surface area contributed by atoms with E-state index in [1.807, 2.05) is 42.5 Å². The van der Waals surface area contributed by atoms with Crippen LogP contribution < -0.4 is 0 Å². The second-order valence-electron chi connectivity index (χ2n) is 4.48. The number of hydrogen-bond donors (Lipinski definition) is 1. The molecule has 1 N–H and O–H groups in total. The third-order valence-electron chi connectivity index (χ3n) is 3.40. The Morgan fingerprint density at radius 2 is 1.52 bits per heavy atom. The predicted molar refractivity (Wildman–Crippen MR) is 79.6 cm³/mol. The van der Waals surface area contributed by atoms with Crippen LogP contribution in [0.25, 0.3) is 27.4 Å². The van der Waals surface area contributed by atoms with Crippen LogP contribution in [-0.2, 0) is 0 Å². The van der Waals surface area contributed by atoms with E-state index in [0.29, 0.717) is 5.56 Å². The molecule has 0 spiro atoms. The molecule has 3 aromatic rings. The summed E-state index contributed by atoms with van der Waals surface area (Å²) in [5, 5.41) is 29.3. The van der Waals surface area contributed by atoms with E-state index < -0.39 is 0 Å². The van der Waals surface area contributed by atoms with E-state index in [9.17, 15) is 5.26 Å². The number of benzene rings is 2. The standard InChI is InChI=1S/C17H8N4/c18-8-11(9-19)15(10-20)14-6-3-5-13-12-4-1-2-7-16(12)21-17(13)14/h1-7,21H. The third-order valence-corrected chi connectivity index (χ3v) is 3.40. The van der Waals surface area contributed by atoms with Gasteiger partial charge in [-0.2, -0.15) is 15.8 Å². The lowest BCUT2D eigenvalue weighted by molar-refractivity contribution is 1.45. The summed E-state index contributed by atoms with van der Waals surface area (Å²) >= 11 is 0. The highest BCUT2D eigenvalue weighted by Gasteiger charge is 2.14. The maximum Gasteiger partial charge on any atom is 0.148 e. The van der Waals surface area contributed by atoms with Crippen molar-refractivity contribution in [3.05, 3.63) is 53.6 Å². The summed E-state index contributed by atoms with van der Waals surface area (Å²) < 4.78 is 0. The number of nitriles is 3. The molecule has 21 heavy (non-hydrogen) atoms. The number of nitrogens with zero attached hydrogens (tertiary/aromatic N) is 3. The Bertz CT molecular complexity index is 1000. The van der Waals surface area contributed by atoms with Crippen LogP contribution in [-0.4, -0.2) is 4.98 Å². The minimum atomic E-state index is -0.177. The summed E-state index contributed by atoms with van der Waals surface area (Å²) in [5.41, 5.74) is 2.20. The zero-order valence-electron chi connectivity index (χ0n) is 10.9. The van der Waals surface area contributed by atoms with Crippen molar-refractivity contribution < 1.29 is 0 Å². The summed E-state index contributed by atoms with van der Waals surface area (Å²) in [6.45, 7) is 0. The fourth-order valence-corrected chi connectivity index (χ4v) is 2.47. The smallest absolute Gasteiger partial charge is 0.148 e. The van der Waals surface area contributed by atoms with Crippen molar-refractivity contribution in [1.82, 2.24) is 4.98 Å². The van der Waals surface area contributed by atoms with Crippen molar-refractivity contribution >= 4 is 27.4 Å². The first-order valence-corrected chi connectivity index (χ1v) is 6.24. The van der Waals surface area contributed by atoms with Crippen molar-refractivity contribution in [3.63, 3.8) is 0 Å². The Morgan fingerprint density at radius 3 is 2.24 bits per heavy atom. The molecule has 96 valence electrons. The summed E-state index contributed by atoms with van der Waals surface area (Å²) in [6.07, 6.45) is 0.